The van der Waals surface area contributed by atoms with Gasteiger partial charge in [-0.1, -0.05) is 13.8 Å². The Morgan fingerprint density at radius 2 is 2.13 bits per heavy atom. The average Bonchev–Trinajstić information content (AvgIpc) is 2.93. The van der Waals surface area contributed by atoms with E-state index in [9.17, 15) is 4.79 Å². The molecule has 1 heterocycles. The van der Waals surface area contributed by atoms with Gasteiger partial charge in [0.25, 0.3) is 0 Å². The third kappa shape index (κ3) is 1.96. The van der Waals surface area contributed by atoms with Crippen LogP contribution in [0.1, 0.15) is 50.1 Å². The van der Waals surface area contributed by atoms with E-state index in [0.717, 1.165) is 11.6 Å². The standard InChI is InChI=1S/C12H18N2O/c1-8(2)12(15)11-6-7-13-14(11)9(3)10-4-5-10/h6-10H,4-5H2,1-3H3. The first-order valence-electron chi connectivity index (χ1n) is 5.69. The number of Topliss-reactive ketones (excluding diaryl/α,β-unsaturated/α-hetero) is 1. The summed E-state index contributed by atoms with van der Waals surface area (Å²) in [4.78, 5) is 11.9. The maximum Gasteiger partial charge on any atom is 0.183 e. The van der Waals surface area contributed by atoms with E-state index < -0.39 is 0 Å². The lowest BCUT2D eigenvalue weighted by Gasteiger charge is -2.15. The minimum Gasteiger partial charge on any atom is -0.292 e. The molecule has 3 nitrogen and oxygen atoms in total. The van der Waals surface area contributed by atoms with Gasteiger partial charge >= 0.3 is 0 Å². The predicted molar refractivity (Wildman–Crippen MR) is 58.8 cm³/mol. The SMILES string of the molecule is CC(C)C(=O)c1ccnn1C(C)C1CC1. The van der Waals surface area contributed by atoms with E-state index >= 15 is 0 Å². The molecule has 1 aromatic heterocycles. The van der Waals surface area contributed by atoms with E-state index in [4.69, 9.17) is 0 Å². The Kier molecular flexibility index (Phi) is 2.63. The maximum absolute atomic E-state index is 11.9. The number of ketones is 1. The molecule has 0 spiro atoms. The summed E-state index contributed by atoms with van der Waals surface area (Å²) in [6.07, 6.45) is 4.28. The number of hydrogen-bond donors (Lipinski definition) is 0. The molecule has 1 saturated carbocycles. The molecular weight excluding hydrogens is 188 g/mol. The van der Waals surface area contributed by atoms with E-state index in [1.54, 1.807) is 6.20 Å². The first-order chi connectivity index (χ1) is 7.11. The predicted octanol–water partition coefficient (Wildman–Crippen LogP) is 2.69. The molecule has 1 aromatic rings. The number of carbonyl (C=O) groups is 1. The first kappa shape index (κ1) is 10.4. The van der Waals surface area contributed by atoms with Gasteiger partial charge in [0, 0.05) is 12.1 Å². The lowest BCUT2D eigenvalue weighted by molar-refractivity contribution is 0.0925. The van der Waals surface area contributed by atoms with Crippen LogP contribution in [0.4, 0.5) is 0 Å². The van der Waals surface area contributed by atoms with Crippen molar-refractivity contribution in [3.05, 3.63) is 18.0 Å². The summed E-state index contributed by atoms with van der Waals surface area (Å²) in [6.45, 7) is 6.02. The van der Waals surface area contributed by atoms with Crippen LogP contribution in [-0.4, -0.2) is 15.6 Å². The quantitative estimate of drug-likeness (QED) is 0.710. The van der Waals surface area contributed by atoms with Crippen molar-refractivity contribution in [1.29, 1.82) is 0 Å². The molecule has 1 unspecified atom stereocenters. The van der Waals surface area contributed by atoms with Crippen LogP contribution >= 0.6 is 0 Å². The van der Waals surface area contributed by atoms with Gasteiger partial charge in [-0.3, -0.25) is 9.48 Å². The molecule has 2 rings (SSSR count). The smallest absolute Gasteiger partial charge is 0.183 e. The topological polar surface area (TPSA) is 34.9 Å². The molecule has 1 aliphatic carbocycles. The zero-order valence-corrected chi connectivity index (χ0v) is 9.60. The summed E-state index contributed by atoms with van der Waals surface area (Å²) in [5.74, 6) is 0.968. The fraction of sp³-hybridized carbons (Fsp3) is 0.667. The van der Waals surface area contributed by atoms with Crippen molar-refractivity contribution in [1.82, 2.24) is 9.78 Å². The average molecular weight is 206 g/mol. The second-order valence-corrected chi connectivity index (χ2v) is 4.76. The van der Waals surface area contributed by atoms with Crippen molar-refractivity contribution < 1.29 is 4.79 Å². The molecule has 1 aliphatic rings. The van der Waals surface area contributed by atoms with Gasteiger partial charge in [0.15, 0.2) is 5.78 Å². The van der Waals surface area contributed by atoms with E-state index in [1.807, 2.05) is 24.6 Å². The van der Waals surface area contributed by atoms with Gasteiger partial charge in [0.1, 0.15) is 5.69 Å². The van der Waals surface area contributed by atoms with Crippen LogP contribution in [0.25, 0.3) is 0 Å². The van der Waals surface area contributed by atoms with Crippen LogP contribution in [-0.2, 0) is 0 Å². The van der Waals surface area contributed by atoms with Crippen LogP contribution in [0.2, 0.25) is 0 Å². The van der Waals surface area contributed by atoms with Crippen molar-refractivity contribution >= 4 is 5.78 Å². The van der Waals surface area contributed by atoms with Gasteiger partial charge in [0.2, 0.25) is 0 Å². The summed E-state index contributed by atoms with van der Waals surface area (Å²) < 4.78 is 1.90. The van der Waals surface area contributed by atoms with Crippen molar-refractivity contribution in [2.75, 3.05) is 0 Å². The van der Waals surface area contributed by atoms with Crippen molar-refractivity contribution in [3.8, 4) is 0 Å². The van der Waals surface area contributed by atoms with Crippen LogP contribution < -0.4 is 0 Å². The highest BCUT2D eigenvalue weighted by molar-refractivity contribution is 5.95. The van der Waals surface area contributed by atoms with Gasteiger partial charge in [-0.25, -0.2) is 0 Å². The highest BCUT2D eigenvalue weighted by Crippen LogP contribution is 2.39. The summed E-state index contributed by atoms with van der Waals surface area (Å²) in [7, 11) is 0. The minimum absolute atomic E-state index is 0.0480. The molecule has 1 fully saturated rings. The van der Waals surface area contributed by atoms with Crippen LogP contribution in [0.15, 0.2) is 12.3 Å². The highest BCUT2D eigenvalue weighted by atomic mass is 16.1. The number of aromatic nitrogens is 2. The second-order valence-electron chi connectivity index (χ2n) is 4.76. The van der Waals surface area contributed by atoms with Crippen LogP contribution in [0, 0.1) is 11.8 Å². The molecule has 1 atom stereocenters. The highest BCUT2D eigenvalue weighted by Gasteiger charge is 2.31. The van der Waals surface area contributed by atoms with Gasteiger partial charge in [-0.15, -0.1) is 0 Å². The normalized spacial score (nSPS) is 18.1. The molecule has 0 N–H and O–H groups in total. The summed E-state index contributed by atoms with van der Waals surface area (Å²) >= 11 is 0. The molecule has 0 radical (unpaired) electrons. The van der Waals surface area contributed by atoms with E-state index in [2.05, 4.69) is 12.0 Å². The van der Waals surface area contributed by atoms with Crippen molar-refractivity contribution in [2.24, 2.45) is 11.8 Å². The Morgan fingerprint density at radius 3 is 2.67 bits per heavy atom. The third-order valence-corrected chi connectivity index (χ3v) is 3.14. The zero-order chi connectivity index (χ0) is 11.0. The fourth-order valence-electron chi connectivity index (χ4n) is 1.91. The zero-order valence-electron chi connectivity index (χ0n) is 9.60. The molecule has 3 heteroatoms. The number of rotatable bonds is 4. The third-order valence-electron chi connectivity index (χ3n) is 3.14. The van der Waals surface area contributed by atoms with Crippen molar-refractivity contribution in [2.45, 2.75) is 39.7 Å². The van der Waals surface area contributed by atoms with Crippen LogP contribution in [0.5, 0.6) is 0 Å². The van der Waals surface area contributed by atoms with E-state index in [-0.39, 0.29) is 11.7 Å². The lowest BCUT2D eigenvalue weighted by atomic mass is 10.1. The minimum atomic E-state index is 0.0480. The number of carbonyl (C=O) groups excluding carboxylic acids is 1. The number of hydrogen-bond acceptors (Lipinski definition) is 2. The summed E-state index contributed by atoms with van der Waals surface area (Å²) in [5.41, 5.74) is 0.768. The molecular formula is C12H18N2O. The van der Waals surface area contributed by atoms with Gasteiger partial charge < -0.3 is 0 Å². The van der Waals surface area contributed by atoms with Gasteiger partial charge in [-0.05, 0) is 31.7 Å². The summed E-state index contributed by atoms with van der Waals surface area (Å²) in [6, 6.07) is 2.21. The monoisotopic (exact) mass is 206 g/mol. The Morgan fingerprint density at radius 1 is 1.47 bits per heavy atom. The van der Waals surface area contributed by atoms with E-state index in [0.29, 0.717) is 6.04 Å². The van der Waals surface area contributed by atoms with Crippen molar-refractivity contribution in [3.63, 3.8) is 0 Å². The Balaban J connectivity index is 2.24. The molecule has 15 heavy (non-hydrogen) atoms. The summed E-state index contributed by atoms with van der Waals surface area (Å²) in [5, 5.41) is 4.28. The fourth-order valence-corrected chi connectivity index (χ4v) is 1.91. The molecule has 0 amide bonds. The van der Waals surface area contributed by atoms with Gasteiger partial charge in [0.05, 0.1) is 6.04 Å². The Hall–Kier alpha value is -1.12. The second kappa shape index (κ2) is 3.80. The maximum atomic E-state index is 11.9. The molecule has 0 aliphatic heterocycles. The Labute approximate surface area is 90.5 Å². The van der Waals surface area contributed by atoms with Gasteiger partial charge in [-0.2, -0.15) is 5.10 Å². The van der Waals surface area contributed by atoms with Crippen LogP contribution in [0.3, 0.4) is 0 Å². The lowest BCUT2D eigenvalue weighted by Crippen LogP contribution is -2.18. The largest absolute Gasteiger partial charge is 0.292 e. The number of nitrogens with zero attached hydrogens (tertiary/aromatic N) is 2. The molecule has 0 aromatic carbocycles. The molecule has 0 bridgehead atoms. The first-order valence-corrected chi connectivity index (χ1v) is 5.69. The molecule has 82 valence electrons. The Bertz CT molecular complexity index is 363. The molecule has 0 saturated heterocycles. The van der Waals surface area contributed by atoms with E-state index in [1.165, 1.54) is 12.8 Å².